The van der Waals surface area contributed by atoms with Gasteiger partial charge in [-0.3, -0.25) is 14.6 Å². The van der Waals surface area contributed by atoms with Crippen molar-refractivity contribution in [3.8, 4) is 0 Å². The number of allylic oxidation sites excluding steroid dienone is 3. The third-order valence-corrected chi connectivity index (χ3v) is 12.1. The zero-order chi connectivity index (χ0) is 33.4. The number of anilines is 1. The van der Waals surface area contributed by atoms with Crippen molar-refractivity contribution >= 4 is 17.3 Å². The summed E-state index contributed by atoms with van der Waals surface area (Å²) in [5, 5.41) is 0. The molecule has 0 radical (unpaired) electrons. The highest BCUT2D eigenvalue weighted by molar-refractivity contribution is 6.02. The van der Waals surface area contributed by atoms with Crippen LogP contribution in [0.1, 0.15) is 96.8 Å². The molecule has 1 aromatic carbocycles. The molecule has 1 aliphatic heterocycles. The van der Waals surface area contributed by atoms with Gasteiger partial charge in [0.25, 0.3) is 0 Å². The molecule has 1 spiro atoms. The van der Waals surface area contributed by atoms with E-state index in [1.807, 2.05) is 0 Å². The largest absolute Gasteiger partial charge is 0.433 e. The third kappa shape index (κ3) is 5.38. The summed E-state index contributed by atoms with van der Waals surface area (Å²) in [6.45, 7) is 5.31. The Morgan fingerprint density at radius 3 is 2.40 bits per heavy atom. The van der Waals surface area contributed by atoms with Crippen molar-refractivity contribution < 1.29 is 32.2 Å². The summed E-state index contributed by atoms with van der Waals surface area (Å²) in [5.74, 6) is -1.03. The minimum absolute atomic E-state index is 0.00478. The zero-order valence-electron chi connectivity index (χ0n) is 26.9. The van der Waals surface area contributed by atoms with Gasteiger partial charge in [0.1, 0.15) is 5.69 Å². The highest BCUT2D eigenvalue weighted by Gasteiger charge is 2.53. The van der Waals surface area contributed by atoms with Gasteiger partial charge in [0.15, 0.2) is 11.6 Å². The number of carbonyl (C=O) groups excluding carboxylic acids is 2. The number of carbonyl (C=O) groups is 2. The highest BCUT2D eigenvalue weighted by atomic mass is 19.4. The fraction of sp³-hybridized carbons (Fsp3) is 0.513. The molecule has 4 fully saturated rings. The van der Waals surface area contributed by atoms with Gasteiger partial charge in [-0.2, -0.15) is 13.2 Å². The average molecular weight is 659 g/mol. The number of rotatable bonds is 8. The number of nitrogens with zero attached hydrogens (tertiary/aromatic N) is 1. The number of halogens is 3. The second-order valence-corrected chi connectivity index (χ2v) is 15.0. The van der Waals surface area contributed by atoms with Gasteiger partial charge < -0.3 is 15.2 Å². The van der Waals surface area contributed by atoms with Crippen LogP contribution in [0.4, 0.5) is 18.9 Å². The van der Waals surface area contributed by atoms with Crippen LogP contribution in [0, 0.1) is 23.2 Å². The molecular formula is C39H41F3N2O4. The molecule has 6 nitrogen and oxygen atoms in total. The van der Waals surface area contributed by atoms with Crippen LogP contribution < -0.4 is 5.73 Å². The number of hydrogen-bond acceptors (Lipinski definition) is 6. The molecule has 1 aromatic heterocycles. The summed E-state index contributed by atoms with van der Waals surface area (Å²) >= 11 is 0. The van der Waals surface area contributed by atoms with Gasteiger partial charge in [0.05, 0.1) is 31.0 Å². The minimum Gasteiger partial charge on any atom is -0.398 e. The van der Waals surface area contributed by atoms with E-state index in [0.29, 0.717) is 31.6 Å². The van der Waals surface area contributed by atoms with E-state index in [9.17, 15) is 22.8 Å². The van der Waals surface area contributed by atoms with Gasteiger partial charge in [0, 0.05) is 35.1 Å². The van der Waals surface area contributed by atoms with Gasteiger partial charge in [-0.15, -0.1) is 0 Å². The SMILES string of the molecule is C=CC(=O)C1CC(OC2CC3(COC3)C2)C2=CC(c3ccc(C4CCC4)cc3)C3=C2C(C1)C(C(=O)c1cnc(C(F)(F)F)cc1N)CC3. The predicted octanol–water partition coefficient (Wildman–Crippen LogP) is 7.91. The molecule has 5 aliphatic carbocycles. The second-order valence-electron chi connectivity index (χ2n) is 15.0. The van der Waals surface area contributed by atoms with Gasteiger partial charge in [-0.1, -0.05) is 48.9 Å². The van der Waals surface area contributed by atoms with E-state index in [2.05, 4.69) is 41.9 Å². The summed E-state index contributed by atoms with van der Waals surface area (Å²) in [7, 11) is 0. The van der Waals surface area contributed by atoms with Crippen molar-refractivity contribution in [3.05, 3.63) is 94.4 Å². The molecule has 9 heteroatoms. The lowest BCUT2D eigenvalue weighted by Crippen LogP contribution is -2.55. The van der Waals surface area contributed by atoms with Crippen LogP contribution in [-0.2, 0) is 20.4 Å². The van der Waals surface area contributed by atoms with Crippen molar-refractivity contribution in [3.63, 3.8) is 0 Å². The Kier molecular flexibility index (Phi) is 7.79. The van der Waals surface area contributed by atoms with Crippen molar-refractivity contribution in [1.29, 1.82) is 0 Å². The quantitative estimate of drug-likeness (QED) is 0.229. The summed E-state index contributed by atoms with van der Waals surface area (Å²) in [6.07, 6.45) is 7.40. The Hall–Kier alpha value is -3.56. The zero-order valence-corrected chi connectivity index (χ0v) is 26.9. The number of nitrogen functional groups attached to an aromatic ring is 1. The molecule has 1 saturated heterocycles. The lowest BCUT2D eigenvalue weighted by Gasteiger charge is -2.53. The van der Waals surface area contributed by atoms with Crippen LogP contribution in [-0.4, -0.2) is 42.0 Å². The number of hydrogen-bond donors (Lipinski definition) is 1. The Bertz CT molecular complexity index is 1710. The fourth-order valence-electron chi connectivity index (χ4n) is 9.28. The number of benzene rings is 1. The molecule has 2 heterocycles. The lowest BCUT2D eigenvalue weighted by atomic mass is 9.65. The molecule has 0 amide bonds. The van der Waals surface area contributed by atoms with Crippen molar-refractivity contribution in [1.82, 2.24) is 4.98 Å². The Balaban J connectivity index is 1.17. The maximum absolute atomic E-state index is 14.2. The van der Waals surface area contributed by atoms with E-state index in [1.165, 1.54) is 42.0 Å². The molecule has 2 N–H and O–H groups in total. The summed E-state index contributed by atoms with van der Waals surface area (Å²) in [4.78, 5) is 31.2. The maximum Gasteiger partial charge on any atom is 0.433 e. The highest BCUT2D eigenvalue weighted by Crippen LogP contribution is 2.57. The third-order valence-electron chi connectivity index (χ3n) is 12.1. The molecule has 252 valence electrons. The Labute approximate surface area is 278 Å². The smallest absolute Gasteiger partial charge is 0.398 e. The van der Waals surface area contributed by atoms with Gasteiger partial charge >= 0.3 is 6.18 Å². The molecule has 8 rings (SSSR count). The average Bonchev–Trinajstić information content (AvgIpc) is 3.30. The normalized spacial score (nSPS) is 29.6. The molecule has 3 saturated carbocycles. The first kappa shape index (κ1) is 31.7. The number of Topliss-reactive ketones (excluding diaryl/α,β-unsaturated/α-hetero) is 1. The maximum atomic E-state index is 14.2. The molecule has 2 aromatic rings. The molecule has 6 aliphatic rings. The standard InChI is InChI=1S/C39H41F3N2O4/c1-2-33(45)24-12-29-27(37(46)31-18-44-35(15-32(31)43)39(40,41)42)11-10-26-28(23-8-6-22(7-9-23)21-4-3-5-21)14-30(36(26)29)34(13-24)48-25-16-38(17-25)19-47-20-38/h2,6-9,14-15,18,21,24-25,27-29,34H,1,3-5,10-13,16-17,19-20H2,(H2,43,44). The summed E-state index contributed by atoms with van der Waals surface area (Å²) in [6, 6.07) is 9.73. The van der Waals surface area contributed by atoms with E-state index < -0.39 is 23.7 Å². The monoisotopic (exact) mass is 658 g/mol. The van der Waals surface area contributed by atoms with Crippen LogP contribution in [0.2, 0.25) is 0 Å². The van der Waals surface area contributed by atoms with Crippen LogP contribution in [0.3, 0.4) is 0 Å². The number of pyridine rings is 1. The number of alkyl halides is 3. The lowest BCUT2D eigenvalue weighted by molar-refractivity contribution is -0.217. The minimum atomic E-state index is -4.67. The molecule has 0 bridgehead atoms. The Morgan fingerprint density at radius 1 is 1.06 bits per heavy atom. The molecule has 5 unspecified atom stereocenters. The van der Waals surface area contributed by atoms with Gasteiger partial charge in [0.2, 0.25) is 0 Å². The number of aromatic nitrogens is 1. The van der Waals surface area contributed by atoms with Crippen LogP contribution in [0.15, 0.2) is 72.0 Å². The van der Waals surface area contributed by atoms with Crippen LogP contribution in [0.5, 0.6) is 0 Å². The van der Waals surface area contributed by atoms with Crippen molar-refractivity contribution in [2.24, 2.45) is 23.2 Å². The first-order valence-electron chi connectivity index (χ1n) is 17.3. The first-order valence-corrected chi connectivity index (χ1v) is 17.3. The van der Waals surface area contributed by atoms with Gasteiger partial charge in [-0.05, 0) is 97.6 Å². The van der Waals surface area contributed by atoms with E-state index in [1.54, 1.807) is 0 Å². The second kappa shape index (κ2) is 11.8. The van der Waals surface area contributed by atoms with E-state index >= 15 is 0 Å². The summed E-state index contributed by atoms with van der Waals surface area (Å²) < 4.78 is 52.5. The van der Waals surface area contributed by atoms with Crippen LogP contribution >= 0.6 is 0 Å². The van der Waals surface area contributed by atoms with Crippen molar-refractivity contribution in [2.75, 3.05) is 18.9 Å². The number of ether oxygens (including phenoxy) is 2. The number of ketones is 2. The van der Waals surface area contributed by atoms with E-state index in [-0.39, 0.29) is 52.3 Å². The fourth-order valence-corrected chi connectivity index (χ4v) is 9.28. The Morgan fingerprint density at radius 2 is 1.79 bits per heavy atom. The molecule has 5 atom stereocenters. The van der Waals surface area contributed by atoms with Crippen molar-refractivity contribution in [2.45, 2.75) is 88.0 Å². The molecular weight excluding hydrogens is 617 g/mol. The predicted molar refractivity (Wildman–Crippen MR) is 174 cm³/mol. The summed E-state index contributed by atoms with van der Waals surface area (Å²) in [5.41, 5.74) is 10.9. The molecule has 48 heavy (non-hydrogen) atoms. The number of nitrogens with two attached hydrogens (primary N) is 1. The van der Waals surface area contributed by atoms with E-state index in [4.69, 9.17) is 15.2 Å². The van der Waals surface area contributed by atoms with E-state index in [0.717, 1.165) is 49.5 Å². The van der Waals surface area contributed by atoms with Crippen LogP contribution in [0.25, 0.3) is 0 Å². The first-order chi connectivity index (χ1) is 23.0. The topological polar surface area (TPSA) is 91.5 Å². The van der Waals surface area contributed by atoms with Gasteiger partial charge in [-0.25, -0.2) is 0 Å².